The van der Waals surface area contributed by atoms with E-state index in [0.29, 0.717) is 4.90 Å². The quantitative estimate of drug-likeness (QED) is 0.304. The highest BCUT2D eigenvalue weighted by molar-refractivity contribution is 8.68. The highest BCUT2D eigenvalue weighted by atomic mass is 35.5. The van der Waals surface area contributed by atoms with Crippen molar-refractivity contribution in [2.45, 2.75) is 23.5 Å². The van der Waals surface area contributed by atoms with Gasteiger partial charge in [0.25, 0.3) is 0 Å². The summed E-state index contributed by atoms with van der Waals surface area (Å²) >= 11 is 9.73. The number of hydrogen-bond acceptors (Lipinski definition) is 4. The summed E-state index contributed by atoms with van der Waals surface area (Å²) in [6.07, 6.45) is -11.3. The summed E-state index contributed by atoms with van der Waals surface area (Å²) in [5.74, 6) is 0. The number of ether oxygens (including phenoxy) is 2. The number of hydrogen-bond donors (Lipinski definition) is 1. The van der Waals surface area contributed by atoms with E-state index in [1.807, 2.05) is 0 Å². The van der Waals surface area contributed by atoms with E-state index in [1.54, 1.807) is 0 Å². The van der Waals surface area contributed by atoms with E-state index < -0.39 is 31.9 Å². The minimum atomic E-state index is -4.72. The molecule has 126 valence electrons. The van der Waals surface area contributed by atoms with Gasteiger partial charge in [0.1, 0.15) is 13.2 Å². The predicted octanol–water partition coefficient (Wildman–Crippen LogP) is 5.43. The predicted molar refractivity (Wildman–Crippen MR) is 73.1 cm³/mol. The van der Waals surface area contributed by atoms with Crippen molar-refractivity contribution in [3.05, 3.63) is 28.8 Å². The summed E-state index contributed by atoms with van der Waals surface area (Å²) in [7, 11) is 1.01. The van der Waals surface area contributed by atoms with Gasteiger partial charge in [-0.05, 0) is 12.1 Å². The van der Waals surface area contributed by atoms with Crippen molar-refractivity contribution >= 4 is 34.1 Å². The molecule has 0 aliphatic rings. The van der Waals surface area contributed by atoms with Crippen LogP contribution in [0.2, 0.25) is 5.02 Å². The fourth-order valence-electron chi connectivity index (χ4n) is 1.32. The average molecular weight is 387 g/mol. The Kier molecular flexibility index (Phi) is 7.19. The van der Waals surface area contributed by atoms with E-state index >= 15 is 0 Å². The zero-order chi connectivity index (χ0) is 17.0. The van der Waals surface area contributed by atoms with Crippen LogP contribution in [0.5, 0.6) is 0 Å². The molecule has 0 saturated heterocycles. The molecule has 0 bridgehead atoms. The normalized spacial score (nSPS) is 13.0. The Bertz CT molecular complexity index is 476. The van der Waals surface area contributed by atoms with Crippen molar-refractivity contribution in [3.63, 3.8) is 0 Å². The molecule has 0 N–H and O–H groups in total. The lowest BCUT2D eigenvalue weighted by Gasteiger charge is -2.21. The van der Waals surface area contributed by atoms with Gasteiger partial charge in [0, 0.05) is 15.5 Å². The van der Waals surface area contributed by atoms with Gasteiger partial charge in [0.15, 0.2) is 6.29 Å². The maximum atomic E-state index is 12.2. The Morgan fingerprint density at radius 1 is 1.05 bits per heavy atom. The van der Waals surface area contributed by atoms with E-state index in [9.17, 15) is 26.3 Å². The van der Waals surface area contributed by atoms with E-state index in [1.165, 1.54) is 18.2 Å². The zero-order valence-electron chi connectivity index (χ0n) is 10.5. The topological polar surface area (TPSA) is 18.5 Å². The summed E-state index contributed by atoms with van der Waals surface area (Å²) in [5, 5.41) is -0.0894. The Balaban J connectivity index is 2.93. The van der Waals surface area contributed by atoms with E-state index in [2.05, 4.69) is 21.1 Å². The van der Waals surface area contributed by atoms with Crippen LogP contribution in [0.4, 0.5) is 26.3 Å². The van der Waals surface area contributed by atoms with Gasteiger partial charge >= 0.3 is 12.4 Å². The Labute approximate surface area is 135 Å². The molecule has 0 aliphatic heterocycles. The lowest BCUT2D eigenvalue weighted by atomic mass is 10.2. The molecule has 2 nitrogen and oxygen atoms in total. The molecule has 0 spiro atoms. The summed E-state index contributed by atoms with van der Waals surface area (Å²) < 4.78 is 81.8. The lowest BCUT2D eigenvalue weighted by Crippen LogP contribution is -2.25. The van der Waals surface area contributed by atoms with E-state index in [0.717, 1.165) is 10.8 Å². The summed E-state index contributed by atoms with van der Waals surface area (Å²) in [5.41, 5.74) is -0.138. The van der Waals surface area contributed by atoms with Gasteiger partial charge in [0.2, 0.25) is 0 Å². The van der Waals surface area contributed by atoms with Crippen LogP contribution in [0.25, 0.3) is 0 Å². The molecule has 0 heterocycles. The Morgan fingerprint density at radius 2 is 1.55 bits per heavy atom. The number of benzene rings is 1. The first-order valence-corrected chi connectivity index (χ1v) is 7.74. The van der Waals surface area contributed by atoms with Crippen molar-refractivity contribution < 1.29 is 35.8 Å². The second-order valence-corrected chi connectivity index (χ2v) is 5.57. The Morgan fingerprint density at radius 3 is 1.91 bits per heavy atom. The van der Waals surface area contributed by atoms with E-state index in [-0.39, 0.29) is 10.6 Å². The monoisotopic (exact) mass is 386 g/mol. The second kappa shape index (κ2) is 8.00. The molecular weight excluding hydrogens is 378 g/mol. The zero-order valence-corrected chi connectivity index (χ0v) is 13.0. The fraction of sp³-hybridized carbons (Fsp3) is 0.455. The molecule has 0 radical (unpaired) electrons. The maximum Gasteiger partial charge on any atom is 0.411 e. The van der Waals surface area contributed by atoms with Gasteiger partial charge in [0.05, 0.1) is 0 Å². The minimum absolute atomic E-state index is 0.0894. The highest BCUT2D eigenvalue weighted by Gasteiger charge is 2.34. The van der Waals surface area contributed by atoms with Gasteiger partial charge in [-0.15, -0.1) is 11.7 Å². The van der Waals surface area contributed by atoms with Crippen LogP contribution in [-0.2, 0) is 9.47 Å². The van der Waals surface area contributed by atoms with Gasteiger partial charge in [-0.2, -0.15) is 26.3 Å². The molecule has 0 aliphatic carbocycles. The highest BCUT2D eigenvalue weighted by Crippen LogP contribution is 2.34. The molecular formula is C11H9ClF6O2S2. The van der Waals surface area contributed by atoms with Crippen LogP contribution >= 0.6 is 34.1 Å². The van der Waals surface area contributed by atoms with Gasteiger partial charge in [-0.3, -0.25) is 0 Å². The fourth-order valence-corrected chi connectivity index (χ4v) is 2.30. The van der Waals surface area contributed by atoms with Crippen molar-refractivity contribution in [1.82, 2.24) is 0 Å². The van der Waals surface area contributed by atoms with Gasteiger partial charge in [-0.1, -0.05) is 28.5 Å². The maximum absolute atomic E-state index is 12.2. The molecule has 0 atom stereocenters. The van der Waals surface area contributed by atoms with Crippen LogP contribution in [0.15, 0.2) is 23.1 Å². The molecule has 0 unspecified atom stereocenters. The molecule has 0 amide bonds. The Hall–Kier alpha value is -0.290. The van der Waals surface area contributed by atoms with Crippen LogP contribution in [0.1, 0.15) is 11.9 Å². The minimum Gasteiger partial charge on any atom is -0.339 e. The molecule has 0 fully saturated rings. The number of halogens is 7. The molecule has 0 saturated carbocycles. The molecule has 1 aromatic rings. The smallest absolute Gasteiger partial charge is 0.339 e. The number of thiol groups is 1. The van der Waals surface area contributed by atoms with Gasteiger partial charge < -0.3 is 9.47 Å². The van der Waals surface area contributed by atoms with Crippen molar-refractivity contribution in [2.75, 3.05) is 13.2 Å². The van der Waals surface area contributed by atoms with E-state index in [4.69, 9.17) is 11.6 Å². The van der Waals surface area contributed by atoms with Crippen LogP contribution in [-0.4, -0.2) is 25.6 Å². The third kappa shape index (κ3) is 7.32. The first-order valence-electron chi connectivity index (χ1n) is 5.49. The van der Waals surface area contributed by atoms with Crippen LogP contribution < -0.4 is 0 Å². The van der Waals surface area contributed by atoms with Crippen molar-refractivity contribution in [3.8, 4) is 0 Å². The van der Waals surface area contributed by atoms with Crippen LogP contribution in [0, 0.1) is 0 Å². The number of alkyl halides is 6. The summed E-state index contributed by atoms with van der Waals surface area (Å²) in [4.78, 5) is 0.558. The number of rotatable bonds is 6. The summed E-state index contributed by atoms with van der Waals surface area (Å²) in [6.45, 7) is -3.54. The van der Waals surface area contributed by atoms with Crippen LogP contribution in [0.3, 0.4) is 0 Å². The first kappa shape index (κ1) is 19.8. The molecule has 11 heteroatoms. The van der Waals surface area contributed by atoms with Gasteiger partial charge in [-0.25, -0.2) is 0 Å². The SMILES string of the molecule is FC(F)(F)COC(OCC(F)(F)F)c1ccc(SS)cc1Cl. The standard InChI is InChI=1S/C11H9ClF6O2S2/c12-8-3-6(22-21)1-2-7(8)9(19-4-10(13,14)15)20-5-11(16,17)18/h1-3,9,21H,4-5H2. The summed E-state index contributed by atoms with van der Waals surface area (Å²) in [6, 6.07) is 3.97. The van der Waals surface area contributed by atoms with Crippen molar-refractivity contribution in [2.24, 2.45) is 0 Å². The van der Waals surface area contributed by atoms with Crippen molar-refractivity contribution in [1.29, 1.82) is 0 Å². The third-order valence-electron chi connectivity index (χ3n) is 2.13. The third-order valence-corrected chi connectivity index (χ3v) is 3.55. The molecule has 1 rings (SSSR count). The lowest BCUT2D eigenvalue weighted by molar-refractivity contribution is -0.262. The largest absolute Gasteiger partial charge is 0.411 e. The first-order chi connectivity index (χ1) is 10.0. The molecule has 22 heavy (non-hydrogen) atoms. The molecule has 0 aromatic heterocycles. The average Bonchev–Trinajstić information content (AvgIpc) is 2.37. The molecule has 1 aromatic carbocycles. The second-order valence-electron chi connectivity index (χ2n) is 3.96.